The molecule has 0 saturated heterocycles. The second-order valence-corrected chi connectivity index (χ2v) is 11.5. The van der Waals surface area contributed by atoms with Crippen LogP contribution in [0.4, 0.5) is 4.79 Å². The van der Waals surface area contributed by atoms with Gasteiger partial charge in [-0.2, -0.15) is 0 Å². The summed E-state index contributed by atoms with van der Waals surface area (Å²) in [4.78, 5) is 35.8. The summed E-state index contributed by atoms with van der Waals surface area (Å²) in [6.45, 7) is 9.34. The Morgan fingerprint density at radius 3 is 1.83 bits per heavy atom. The molecule has 0 bridgehead atoms. The van der Waals surface area contributed by atoms with Gasteiger partial charge < -0.3 is 40.0 Å². The summed E-state index contributed by atoms with van der Waals surface area (Å²) in [5, 5.41) is 5.73. The Bertz CT molecular complexity index is 1260. The van der Waals surface area contributed by atoms with Gasteiger partial charge in [0.15, 0.2) is 1.41 Å². The van der Waals surface area contributed by atoms with Crippen LogP contribution in [0.15, 0.2) is 36.4 Å². The fourth-order valence-corrected chi connectivity index (χ4v) is 5.51. The van der Waals surface area contributed by atoms with Crippen LogP contribution in [0.1, 0.15) is 80.5 Å². The van der Waals surface area contributed by atoms with E-state index >= 15 is 0 Å². The van der Waals surface area contributed by atoms with Gasteiger partial charge in [-0.15, -0.1) is 0 Å². The molecule has 268 valence electrons. The predicted molar refractivity (Wildman–Crippen MR) is 187 cm³/mol. The van der Waals surface area contributed by atoms with Crippen LogP contribution in [0.5, 0.6) is 0 Å². The zero-order valence-electron chi connectivity index (χ0n) is 30.3. The number of carbonyl (C=O) groups is 3. The lowest BCUT2D eigenvalue weighted by Gasteiger charge is -2.15. The Labute approximate surface area is 288 Å². The van der Waals surface area contributed by atoms with Crippen molar-refractivity contribution in [3.05, 3.63) is 58.7 Å². The molecule has 3 rings (SSSR count). The second kappa shape index (κ2) is 24.6. The number of nitrogens with one attached hydrogen (secondary N) is 2. The Hall–Kier alpha value is -3.51. The lowest BCUT2D eigenvalue weighted by molar-refractivity contribution is -0.122. The van der Waals surface area contributed by atoms with E-state index in [1.54, 1.807) is 19.9 Å². The molecule has 11 nitrogen and oxygen atoms in total. The molecule has 0 aliphatic heterocycles. The van der Waals surface area contributed by atoms with Gasteiger partial charge in [-0.1, -0.05) is 36.4 Å². The first-order valence-electron chi connectivity index (χ1n) is 17.7. The molecule has 48 heavy (non-hydrogen) atoms. The van der Waals surface area contributed by atoms with Crippen LogP contribution in [0.25, 0.3) is 11.1 Å². The van der Waals surface area contributed by atoms with Gasteiger partial charge in [-0.25, -0.2) is 4.79 Å². The summed E-state index contributed by atoms with van der Waals surface area (Å²) >= 11 is 0. The van der Waals surface area contributed by atoms with E-state index < -0.39 is 6.09 Å². The summed E-state index contributed by atoms with van der Waals surface area (Å²) in [5.41, 5.74) is 8.37. The number of hydrogen-bond acceptors (Lipinski definition) is 8. The number of rotatable bonds is 23. The maximum atomic E-state index is 12.2. The Kier molecular flexibility index (Phi) is 20.0. The third-order valence-corrected chi connectivity index (χ3v) is 7.81. The van der Waals surface area contributed by atoms with E-state index in [1.165, 1.54) is 0 Å². The molecule has 2 aromatic rings. The number of amides is 3. The number of ether oxygens (including phenoxy) is 5. The third kappa shape index (κ3) is 15.6. The minimum absolute atomic E-state index is 0.00597. The van der Waals surface area contributed by atoms with E-state index in [1.807, 2.05) is 13.8 Å². The normalized spacial score (nSPS) is 13.0. The van der Waals surface area contributed by atoms with Gasteiger partial charge >= 0.3 is 6.09 Å². The van der Waals surface area contributed by atoms with Crippen LogP contribution in [0.2, 0.25) is 1.41 Å². The van der Waals surface area contributed by atoms with E-state index in [-0.39, 0.29) is 24.3 Å². The monoisotopic (exact) mass is 672 g/mol. The number of primary amides is 1. The molecule has 0 radical (unpaired) electrons. The highest BCUT2D eigenvalue weighted by molar-refractivity contribution is 5.80. The fourth-order valence-electron chi connectivity index (χ4n) is 5.51. The van der Waals surface area contributed by atoms with Crippen LogP contribution >= 0.6 is 0 Å². The summed E-state index contributed by atoms with van der Waals surface area (Å²) in [5.74, 6) is -0.0966. The first kappa shape index (κ1) is 38.9. The summed E-state index contributed by atoms with van der Waals surface area (Å²) < 4.78 is 32.7. The van der Waals surface area contributed by atoms with Crippen molar-refractivity contribution in [1.29, 1.82) is 0 Å². The molecule has 2 aromatic carbocycles. The molecule has 1 aliphatic rings. The minimum Gasteiger partial charge on any atom is -0.449 e. The van der Waals surface area contributed by atoms with E-state index in [4.69, 9.17) is 25.1 Å². The van der Waals surface area contributed by atoms with Gasteiger partial charge in [0.2, 0.25) is 11.8 Å². The van der Waals surface area contributed by atoms with Crippen LogP contribution in [-0.4, -0.2) is 91.5 Å². The molecule has 1 aliphatic carbocycles. The minimum atomic E-state index is -0.791. The number of nitrogens with two attached hydrogens (primary N) is 1. The zero-order valence-corrected chi connectivity index (χ0v) is 29.3. The highest BCUT2D eigenvalue weighted by Crippen LogP contribution is 2.46. The number of hydrogen-bond donors (Lipinski definition) is 3. The average molecular weight is 673 g/mol. The van der Waals surface area contributed by atoms with Gasteiger partial charge in [0.25, 0.3) is 0 Å². The lowest BCUT2D eigenvalue weighted by Crippen LogP contribution is -2.27. The summed E-state index contributed by atoms with van der Waals surface area (Å²) in [7, 11) is 3.36. The second-order valence-electron chi connectivity index (χ2n) is 11.5. The van der Waals surface area contributed by atoms with Crippen LogP contribution in [-0.2, 0) is 46.1 Å². The van der Waals surface area contributed by atoms with Gasteiger partial charge in [-0.05, 0) is 85.8 Å². The van der Waals surface area contributed by atoms with Crippen molar-refractivity contribution in [3.8, 4) is 11.1 Å². The summed E-state index contributed by atoms with van der Waals surface area (Å²) in [6.07, 6.45) is 4.93. The van der Waals surface area contributed by atoms with E-state index in [0.29, 0.717) is 52.2 Å². The van der Waals surface area contributed by atoms with Crippen LogP contribution in [0.3, 0.4) is 0 Å². The maximum Gasteiger partial charge on any atom is 0.404 e. The van der Waals surface area contributed by atoms with E-state index in [2.05, 4.69) is 47.0 Å². The van der Waals surface area contributed by atoms with Crippen molar-refractivity contribution in [2.75, 3.05) is 73.6 Å². The molecule has 1 unspecified atom stereocenters. The molecular formula is C37H57N3O8. The quantitative estimate of drug-likeness (QED) is 0.141. The molecule has 0 heterocycles. The molecule has 0 fully saturated rings. The van der Waals surface area contributed by atoms with E-state index in [0.717, 1.165) is 85.3 Å². The maximum absolute atomic E-state index is 12.2. The Balaban J connectivity index is 0.000000924. The fraction of sp³-hybridized carbons (Fsp3) is 0.595. The molecule has 4 N–H and O–H groups in total. The van der Waals surface area contributed by atoms with Crippen molar-refractivity contribution >= 4 is 17.9 Å². The standard InChI is InChI=1S/C31H43N3O6.C6H14O2/c1-3-33-29(35)9-4-7-22-11-13-24-25-14-12-23(20-27(25)28(26(24)19-22)21-40-31(32)37)8-5-10-30(36)34-15-18-39-17-6-16-38-2;1-3-8-6-4-5-7-2/h11-14,19-20,28H,3-10,15-18,21H2,1-2H3,(H2,32,37)(H,33,35)(H,34,36);3-6H2,1-2H3/i/hD. The molecule has 0 spiro atoms. The average Bonchev–Trinajstić information content (AvgIpc) is 3.41. The van der Waals surface area contributed by atoms with E-state index in [9.17, 15) is 14.4 Å². The molecule has 0 saturated carbocycles. The molecule has 3 amide bonds. The number of carbonyl (C=O) groups excluding carboxylic acids is 3. The largest absolute Gasteiger partial charge is 0.449 e. The van der Waals surface area contributed by atoms with Gasteiger partial charge in [-0.3, -0.25) is 9.59 Å². The molecule has 0 aromatic heterocycles. The lowest BCUT2D eigenvalue weighted by atomic mass is 9.94. The number of methoxy groups -OCH3 is 2. The smallest absolute Gasteiger partial charge is 0.404 e. The van der Waals surface area contributed by atoms with Crippen molar-refractivity contribution in [1.82, 2.24) is 10.6 Å². The summed E-state index contributed by atoms with van der Waals surface area (Å²) in [6, 6.07) is 12.7. The highest BCUT2D eigenvalue weighted by Gasteiger charge is 2.30. The van der Waals surface area contributed by atoms with Gasteiger partial charge in [0, 0.05) is 79.1 Å². The first-order chi connectivity index (χ1) is 23.9. The van der Waals surface area contributed by atoms with Gasteiger partial charge in [0.05, 0.1) is 6.61 Å². The van der Waals surface area contributed by atoms with Gasteiger partial charge in [0.1, 0.15) is 6.61 Å². The topological polar surface area (TPSA) is 147 Å². The molecule has 1 atom stereocenters. The molecular weight excluding hydrogens is 614 g/mol. The van der Waals surface area contributed by atoms with Crippen molar-refractivity contribution in [2.45, 2.75) is 71.1 Å². The zero-order chi connectivity index (χ0) is 35.7. The predicted octanol–water partition coefficient (Wildman–Crippen LogP) is 4.90. The Morgan fingerprint density at radius 2 is 1.31 bits per heavy atom. The first-order valence-corrected chi connectivity index (χ1v) is 17.2. The SMILES string of the molecule is CCOCCCOC.[2H]NC(=O)OCC1c2cc(CCCC(=O)NCC)ccc2-c2ccc(CCCC(=O)NCCOCCCOC)cc21. The van der Waals surface area contributed by atoms with Crippen LogP contribution < -0.4 is 16.4 Å². The number of fused-ring (bicyclic) bond motifs is 3. The highest BCUT2D eigenvalue weighted by atomic mass is 16.5. The van der Waals surface area contributed by atoms with Crippen molar-refractivity contribution in [2.24, 2.45) is 5.73 Å². The van der Waals surface area contributed by atoms with Crippen molar-refractivity contribution in [3.63, 3.8) is 0 Å². The third-order valence-electron chi connectivity index (χ3n) is 7.81. The Morgan fingerprint density at radius 1 is 0.750 bits per heavy atom. The van der Waals surface area contributed by atoms with Crippen LogP contribution in [0, 0.1) is 0 Å². The van der Waals surface area contributed by atoms with Crippen molar-refractivity contribution < 1.29 is 39.5 Å². The molecule has 11 heteroatoms. The number of aryl methyl sites for hydroxylation is 2. The number of benzene rings is 2.